The summed E-state index contributed by atoms with van der Waals surface area (Å²) < 4.78 is 12.6. The van der Waals surface area contributed by atoms with Gasteiger partial charge in [0.2, 0.25) is 0 Å². The second-order valence-electron chi connectivity index (χ2n) is 3.22. The molecule has 1 rings (SSSR count). The molecule has 4 heteroatoms. The molecule has 0 atom stereocenters. The van der Waals surface area contributed by atoms with Gasteiger partial charge in [-0.25, -0.2) is 9.18 Å². The van der Waals surface area contributed by atoms with Crippen LogP contribution >= 0.6 is 0 Å². The molecule has 0 radical (unpaired) electrons. The van der Waals surface area contributed by atoms with Gasteiger partial charge in [0.05, 0.1) is 0 Å². The van der Waals surface area contributed by atoms with Crippen LogP contribution in [0.3, 0.4) is 0 Å². The molecule has 0 aromatic heterocycles. The minimum absolute atomic E-state index is 0.169. The van der Waals surface area contributed by atoms with Crippen LogP contribution in [0.2, 0.25) is 0 Å². The fourth-order valence-corrected chi connectivity index (χ4v) is 1.23. The second kappa shape index (κ2) is 4.09. The Kier molecular flexibility index (Phi) is 3.06. The minimum Gasteiger partial charge on any atom is -0.465 e. The van der Waals surface area contributed by atoms with E-state index < -0.39 is 6.09 Å². The van der Waals surface area contributed by atoms with Crippen molar-refractivity contribution in [3.63, 3.8) is 0 Å². The summed E-state index contributed by atoms with van der Waals surface area (Å²) in [6.45, 7) is 3.52. The van der Waals surface area contributed by atoms with Crippen molar-refractivity contribution in [3.05, 3.63) is 30.1 Å². The lowest BCUT2D eigenvalue weighted by Gasteiger charge is -2.23. The molecule has 0 aliphatic heterocycles. The topological polar surface area (TPSA) is 40.5 Å². The maximum absolute atomic E-state index is 12.6. The van der Waals surface area contributed by atoms with E-state index in [4.69, 9.17) is 5.11 Å². The van der Waals surface area contributed by atoms with Gasteiger partial charge >= 0.3 is 6.09 Å². The number of hydrogen-bond acceptors (Lipinski definition) is 1. The minimum atomic E-state index is -1.04. The Morgan fingerprint density at radius 2 is 1.86 bits per heavy atom. The van der Waals surface area contributed by atoms with E-state index in [2.05, 4.69) is 0 Å². The highest BCUT2D eigenvalue weighted by Gasteiger charge is 2.17. The second-order valence-corrected chi connectivity index (χ2v) is 3.22. The standard InChI is InChI=1S/C10H12FNO2/c1-7(2)12(10(13)14)9-5-3-8(11)4-6-9/h3-7H,1-2H3,(H,13,14). The number of amides is 1. The van der Waals surface area contributed by atoms with Gasteiger partial charge in [0, 0.05) is 11.7 Å². The normalized spacial score (nSPS) is 10.3. The fourth-order valence-electron chi connectivity index (χ4n) is 1.23. The summed E-state index contributed by atoms with van der Waals surface area (Å²) in [5.41, 5.74) is 0.480. The van der Waals surface area contributed by atoms with Crippen LogP contribution in [-0.4, -0.2) is 17.2 Å². The van der Waals surface area contributed by atoms with Crippen molar-refractivity contribution in [1.29, 1.82) is 0 Å². The molecule has 0 aliphatic rings. The van der Waals surface area contributed by atoms with Gasteiger partial charge in [-0.15, -0.1) is 0 Å². The summed E-state index contributed by atoms with van der Waals surface area (Å²) in [5.74, 6) is -0.372. The Morgan fingerprint density at radius 3 is 2.21 bits per heavy atom. The highest BCUT2D eigenvalue weighted by molar-refractivity contribution is 5.86. The lowest BCUT2D eigenvalue weighted by Crippen LogP contribution is -2.35. The molecule has 0 fully saturated rings. The third-order valence-corrected chi connectivity index (χ3v) is 1.83. The van der Waals surface area contributed by atoms with Crippen LogP contribution in [0.5, 0.6) is 0 Å². The summed E-state index contributed by atoms with van der Waals surface area (Å²) in [5, 5.41) is 8.90. The SMILES string of the molecule is CC(C)N(C(=O)O)c1ccc(F)cc1. The summed E-state index contributed by atoms with van der Waals surface area (Å²) in [6.07, 6.45) is -1.04. The lowest BCUT2D eigenvalue weighted by molar-refractivity contribution is 0.200. The Morgan fingerprint density at radius 1 is 1.36 bits per heavy atom. The molecule has 1 amide bonds. The van der Waals surface area contributed by atoms with Crippen LogP contribution in [0.15, 0.2) is 24.3 Å². The molecule has 1 aromatic carbocycles. The van der Waals surface area contributed by atoms with Gasteiger partial charge < -0.3 is 5.11 Å². The van der Waals surface area contributed by atoms with Gasteiger partial charge in [0.15, 0.2) is 0 Å². The smallest absolute Gasteiger partial charge is 0.412 e. The van der Waals surface area contributed by atoms with E-state index in [-0.39, 0.29) is 11.9 Å². The van der Waals surface area contributed by atoms with E-state index in [0.29, 0.717) is 5.69 Å². The number of nitrogens with zero attached hydrogens (tertiary/aromatic N) is 1. The molecule has 0 bridgehead atoms. The molecular weight excluding hydrogens is 185 g/mol. The van der Waals surface area contributed by atoms with E-state index in [9.17, 15) is 9.18 Å². The lowest BCUT2D eigenvalue weighted by atomic mass is 10.2. The monoisotopic (exact) mass is 197 g/mol. The number of rotatable bonds is 2. The molecule has 0 saturated heterocycles. The van der Waals surface area contributed by atoms with Crippen LogP contribution in [0, 0.1) is 5.82 Å². The maximum atomic E-state index is 12.6. The highest BCUT2D eigenvalue weighted by Crippen LogP contribution is 2.17. The number of carboxylic acid groups (broad SMARTS) is 1. The van der Waals surface area contributed by atoms with Crippen molar-refractivity contribution in [1.82, 2.24) is 0 Å². The number of hydrogen-bond donors (Lipinski definition) is 1. The first-order chi connectivity index (χ1) is 6.52. The summed E-state index contributed by atoms with van der Waals surface area (Å²) in [6, 6.07) is 5.21. The molecule has 0 unspecified atom stereocenters. The molecule has 14 heavy (non-hydrogen) atoms. The molecular formula is C10H12FNO2. The first-order valence-electron chi connectivity index (χ1n) is 4.30. The zero-order valence-corrected chi connectivity index (χ0v) is 8.07. The van der Waals surface area contributed by atoms with Crippen LogP contribution in [0.1, 0.15) is 13.8 Å². The van der Waals surface area contributed by atoms with Gasteiger partial charge in [-0.2, -0.15) is 0 Å². The van der Waals surface area contributed by atoms with E-state index in [1.54, 1.807) is 13.8 Å². The van der Waals surface area contributed by atoms with Gasteiger partial charge in [-0.1, -0.05) is 0 Å². The number of anilines is 1. The third kappa shape index (κ3) is 2.22. The molecule has 0 aliphatic carbocycles. The maximum Gasteiger partial charge on any atom is 0.412 e. The van der Waals surface area contributed by atoms with E-state index in [1.165, 1.54) is 29.2 Å². The third-order valence-electron chi connectivity index (χ3n) is 1.83. The Balaban J connectivity index is 3.00. The zero-order valence-electron chi connectivity index (χ0n) is 8.07. The molecule has 0 spiro atoms. The Bertz CT molecular complexity index is 321. The van der Waals surface area contributed by atoms with Crippen LogP contribution in [0.4, 0.5) is 14.9 Å². The highest BCUT2D eigenvalue weighted by atomic mass is 19.1. The largest absolute Gasteiger partial charge is 0.465 e. The van der Waals surface area contributed by atoms with E-state index >= 15 is 0 Å². The number of halogens is 1. The van der Waals surface area contributed by atoms with Crippen LogP contribution < -0.4 is 4.90 Å². The van der Waals surface area contributed by atoms with Crippen molar-refractivity contribution < 1.29 is 14.3 Å². The van der Waals surface area contributed by atoms with Crippen molar-refractivity contribution in [2.75, 3.05) is 4.90 Å². The van der Waals surface area contributed by atoms with Crippen molar-refractivity contribution in [2.45, 2.75) is 19.9 Å². The molecule has 0 heterocycles. The van der Waals surface area contributed by atoms with Crippen LogP contribution in [0.25, 0.3) is 0 Å². The average Bonchev–Trinajstić information content (AvgIpc) is 2.07. The van der Waals surface area contributed by atoms with Crippen molar-refractivity contribution in [3.8, 4) is 0 Å². The average molecular weight is 197 g/mol. The van der Waals surface area contributed by atoms with E-state index in [1.807, 2.05) is 0 Å². The van der Waals surface area contributed by atoms with Gasteiger partial charge in [0.1, 0.15) is 5.82 Å². The summed E-state index contributed by atoms with van der Waals surface area (Å²) in [7, 11) is 0. The van der Waals surface area contributed by atoms with Crippen LogP contribution in [-0.2, 0) is 0 Å². The quantitative estimate of drug-likeness (QED) is 0.791. The molecule has 3 nitrogen and oxygen atoms in total. The number of benzene rings is 1. The van der Waals surface area contributed by atoms with Gasteiger partial charge in [0.25, 0.3) is 0 Å². The Hall–Kier alpha value is -1.58. The fraction of sp³-hybridized carbons (Fsp3) is 0.300. The van der Waals surface area contributed by atoms with Crippen molar-refractivity contribution >= 4 is 11.8 Å². The van der Waals surface area contributed by atoms with Gasteiger partial charge in [-0.05, 0) is 38.1 Å². The predicted molar refractivity (Wildman–Crippen MR) is 52.0 cm³/mol. The van der Waals surface area contributed by atoms with Crippen molar-refractivity contribution in [2.24, 2.45) is 0 Å². The molecule has 0 saturated carbocycles. The summed E-state index contributed by atoms with van der Waals surface area (Å²) in [4.78, 5) is 12.0. The molecule has 76 valence electrons. The zero-order chi connectivity index (χ0) is 10.7. The van der Waals surface area contributed by atoms with E-state index in [0.717, 1.165) is 0 Å². The summed E-state index contributed by atoms with van der Waals surface area (Å²) >= 11 is 0. The molecule has 1 N–H and O–H groups in total. The first kappa shape index (κ1) is 10.5. The number of carbonyl (C=O) groups is 1. The Labute approximate surface area is 81.8 Å². The molecule has 1 aromatic rings. The van der Waals surface area contributed by atoms with Gasteiger partial charge in [-0.3, -0.25) is 4.90 Å². The first-order valence-corrected chi connectivity index (χ1v) is 4.30. The predicted octanol–water partition coefficient (Wildman–Crippen LogP) is 2.72.